The van der Waals surface area contributed by atoms with Gasteiger partial charge in [0.1, 0.15) is 5.82 Å². The van der Waals surface area contributed by atoms with Crippen molar-refractivity contribution in [2.45, 2.75) is 45.4 Å². The molecule has 1 aliphatic rings. The van der Waals surface area contributed by atoms with Gasteiger partial charge < -0.3 is 0 Å². The van der Waals surface area contributed by atoms with Gasteiger partial charge in [0.05, 0.1) is 0 Å². The highest BCUT2D eigenvalue weighted by Gasteiger charge is 2.19. The Kier molecular flexibility index (Phi) is 4.10. The predicted octanol–water partition coefficient (Wildman–Crippen LogP) is 6.09. The zero-order valence-electron chi connectivity index (χ0n) is 12.9. The van der Waals surface area contributed by atoms with Gasteiger partial charge in [-0.05, 0) is 66.0 Å². The van der Waals surface area contributed by atoms with Crippen LogP contribution in [0.1, 0.15) is 49.7 Å². The van der Waals surface area contributed by atoms with E-state index in [1.807, 2.05) is 19.1 Å². The van der Waals surface area contributed by atoms with Crippen LogP contribution in [0.25, 0.3) is 11.1 Å². The van der Waals surface area contributed by atoms with E-state index >= 15 is 0 Å². The first-order valence-electron chi connectivity index (χ1n) is 8.00. The summed E-state index contributed by atoms with van der Waals surface area (Å²) in [7, 11) is 0. The van der Waals surface area contributed by atoms with Crippen molar-refractivity contribution in [3.63, 3.8) is 0 Å². The Bertz CT molecular complexity index is 604. The molecule has 2 aromatic rings. The molecule has 0 aliphatic heterocycles. The third kappa shape index (κ3) is 3.18. The molecule has 0 N–H and O–H groups in total. The predicted molar refractivity (Wildman–Crippen MR) is 86.9 cm³/mol. The van der Waals surface area contributed by atoms with Crippen molar-refractivity contribution in [2.75, 3.05) is 0 Å². The van der Waals surface area contributed by atoms with Crippen LogP contribution < -0.4 is 0 Å². The van der Waals surface area contributed by atoms with Crippen LogP contribution in [-0.4, -0.2) is 0 Å². The molecule has 110 valence electrons. The highest BCUT2D eigenvalue weighted by molar-refractivity contribution is 5.64. The monoisotopic (exact) mass is 282 g/mol. The van der Waals surface area contributed by atoms with Gasteiger partial charge in [0, 0.05) is 0 Å². The third-order valence-electron chi connectivity index (χ3n) is 4.89. The Morgan fingerprint density at radius 2 is 1.48 bits per heavy atom. The van der Waals surface area contributed by atoms with E-state index in [1.165, 1.54) is 36.8 Å². The van der Waals surface area contributed by atoms with Crippen LogP contribution in [-0.2, 0) is 0 Å². The Labute approximate surface area is 127 Å². The van der Waals surface area contributed by atoms with Gasteiger partial charge >= 0.3 is 0 Å². The molecular weight excluding hydrogens is 259 g/mol. The highest BCUT2D eigenvalue weighted by Crippen LogP contribution is 2.36. The Morgan fingerprint density at radius 1 is 0.857 bits per heavy atom. The quantitative estimate of drug-likeness (QED) is 0.624. The number of hydrogen-bond donors (Lipinski definition) is 0. The van der Waals surface area contributed by atoms with Gasteiger partial charge in [0.25, 0.3) is 0 Å². The van der Waals surface area contributed by atoms with Gasteiger partial charge in [-0.25, -0.2) is 4.39 Å². The molecule has 0 unspecified atom stereocenters. The van der Waals surface area contributed by atoms with E-state index < -0.39 is 0 Å². The Balaban J connectivity index is 1.79. The first-order chi connectivity index (χ1) is 10.1. The second-order valence-electron chi connectivity index (χ2n) is 6.54. The molecule has 2 aromatic carbocycles. The van der Waals surface area contributed by atoms with Crippen LogP contribution in [0, 0.1) is 18.7 Å². The van der Waals surface area contributed by atoms with E-state index in [0.717, 1.165) is 17.4 Å². The first-order valence-corrected chi connectivity index (χ1v) is 8.00. The first kappa shape index (κ1) is 14.3. The summed E-state index contributed by atoms with van der Waals surface area (Å²) in [6.45, 7) is 4.17. The summed E-state index contributed by atoms with van der Waals surface area (Å²) in [6, 6.07) is 14.2. The van der Waals surface area contributed by atoms with Crippen molar-refractivity contribution in [1.29, 1.82) is 0 Å². The maximum absolute atomic E-state index is 13.4. The summed E-state index contributed by atoms with van der Waals surface area (Å²) in [5.41, 5.74) is 4.44. The summed E-state index contributed by atoms with van der Waals surface area (Å²) >= 11 is 0. The van der Waals surface area contributed by atoms with Gasteiger partial charge in [-0.2, -0.15) is 0 Å². The zero-order chi connectivity index (χ0) is 14.8. The number of aryl methyl sites for hydroxylation is 1. The molecule has 1 saturated carbocycles. The van der Waals surface area contributed by atoms with E-state index in [1.54, 1.807) is 6.07 Å². The lowest BCUT2D eigenvalue weighted by Crippen LogP contribution is -2.10. The van der Waals surface area contributed by atoms with Crippen LogP contribution >= 0.6 is 0 Å². The smallest absolute Gasteiger partial charge is 0.126 e. The number of benzene rings is 2. The molecule has 0 aromatic heterocycles. The highest BCUT2D eigenvalue weighted by atomic mass is 19.1. The SMILES string of the molecule is Cc1cc(-c2ccc(C3CCC(C)CC3)cc2)ccc1F. The van der Waals surface area contributed by atoms with Crippen LogP contribution in [0.4, 0.5) is 4.39 Å². The number of rotatable bonds is 2. The van der Waals surface area contributed by atoms with Crippen molar-refractivity contribution in [3.8, 4) is 11.1 Å². The maximum Gasteiger partial charge on any atom is 0.126 e. The van der Waals surface area contributed by atoms with Gasteiger partial charge in [0.15, 0.2) is 0 Å². The van der Waals surface area contributed by atoms with Gasteiger partial charge in [0.2, 0.25) is 0 Å². The molecule has 1 fully saturated rings. The normalized spacial score (nSPS) is 22.2. The fraction of sp³-hybridized carbons (Fsp3) is 0.400. The molecule has 0 saturated heterocycles. The van der Waals surface area contributed by atoms with Crippen LogP contribution in [0.2, 0.25) is 0 Å². The standard InChI is InChI=1S/C20H23F/c1-14-3-5-16(6-4-14)17-7-9-18(10-8-17)19-11-12-20(21)15(2)13-19/h7-14,16H,3-6H2,1-2H3. The van der Waals surface area contributed by atoms with Crippen molar-refractivity contribution < 1.29 is 4.39 Å². The second kappa shape index (κ2) is 6.01. The molecule has 3 rings (SSSR count). The average molecular weight is 282 g/mol. The van der Waals surface area contributed by atoms with Crippen LogP contribution in [0.15, 0.2) is 42.5 Å². The summed E-state index contributed by atoms with van der Waals surface area (Å²) < 4.78 is 13.4. The molecule has 0 spiro atoms. The lowest BCUT2D eigenvalue weighted by Gasteiger charge is -2.26. The minimum Gasteiger partial charge on any atom is -0.207 e. The molecule has 0 atom stereocenters. The molecule has 0 nitrogen and oxygen atoms in total. The zero-order valence-corrected chi connectivity index (χ0v) is 12.9. The lowest BCUT2D eigenvalue weighted by molar-refractivity contribution is 0.348. The molecular formula is C20H23F. The molecule has 1 heteroatoms. The van der Waals surface area contributed by atoms with Crippen LogP contribution in [0.3, 0.4) is 0 Å². The molecule has 0 heterocycles. The van der Waals surface area contributed by atoms with E-state index in [4.69, 9.17) is 0 Å². The molecule has 21 heavy (non-hydrogen) atoms. The van der Waals surface area contributed by atoms with Gasteiger partial charge in [-0.1, -0.05) is 50.1 Å². The average Bonchev–Trinajstić information content (AvgIpc) is 2.51. The second-order valence-corrected chi connectivity index (χ2v) is 6.54. The Hall–Kier alpha value is -1.63. The fourth-order valence-electron chi connectivity index (χ4n) is 3.37. The van der Waals surface area contributed by atoms with Crippen molar-refractivity contribution >= 4 is 0 Å². The van der Waals surface area contributed by atoms with Gasteiger partial charge in [-0.15, -0.1) is 0 Å². The molecule has 0 amide bonds. The number of halogens is 1. The number of hydrogen-bond acceptors (Lipinski definition) is 0. The van der Waals surface area contributed by atoms with Crippen LogP contribution in [0.5, 0.6) is 0 Å². The van der Waals surface area contributed by atoms with E-state index in [2.05, 4.69) is 31.2 Å². The molecule has 0 bridgehead atoms. The Morgan fingerprint density at radius 3 is 2.10 bits per heavy atom. The largest absolute Gasteiger partial charge is 0.207 e. The summed E-state index contributed by atoms with van der Waals surface area (Å²) in [6.07, 6.45) is 5.33. The minimum absolute atomic E-state index is 0.133. The molecule has 1 aliphatic carbocycles. The third-order valence-corrected chi connectivity index (χ3v) is 4.89. The summed E-state index contributed by atoms with van der Waals surface area (Å²) in [4.78, 5) is 0. The van der Waals surface area contributed by atoms with Crippen molar-refractivity contribution in [1.82, 2.24) is 0 Å². The van der Waals surface area contributed by atoms with E-state index in [-0.39, 0.29) is 5.82 Å². The molecule has 0 radical (unpaired) electrons. The summed E-state index contributed by atoms with van der Waals surface area (Å²) in [5, 5.41) is 0. The maximum atomic E-state index is 13.4. The topological polar surface area (TPSA) is 0 Å². The van der Waals surface area contributed by atoms with E-state index in [0.29, 0.717) is 5.56 Å². The van der Waals surface area contributed by atoms with Gasteiger partial charge in [-0.3, -0.25) is 0 Å². The minimum atomic E-state index is -0.133. The lowest BCUT2D eigenvalue weighted by atomic mass is 9.79. The fourth-order valence-corrected chi connectivity index (χ4v) is 3.37. The van der Waals surface area contributed by atoms with E-state index in [9.17, 15) is 4.39 Å². The summed E-state index contributed by atoms with van der Waals surface area (Å²) in [5.74, 6) is 1.49. The van der Waals surface area contributed by atoms with Crippen molar-refractivity contribution in [2.24, 2.45) is 5.92 Å². The van der Waals surface area contributed by atoms with Crippen molar-refractivity contribution in [3.05, 3.63) is 59.4 Å².